The molecule has 1 aliphatic heterocycles. The van der Waals surface area contributed by atoms with Crippen molar-refractivity contribution in [2.24, 2.45) is 0 Å². The summed E-state index contributed by atoms with van der Waals surface area (Å²) in [5.41, 5.74) is 1.95. The average Bonchev–Trinajstić information content (AvgIpc) is 2.67. The van der Waals surface area contributed by atoms with Crippen molar-refractivity contribution in [3.05, 3.63) is 39.8 Å². The van der Waals surface area contributed by atoms with Crippen LogP contribution in [0.5, 0.6) is 0 Å². The summed E-state index contributed by atoms with van der Waals surface area (Å²) in [4.78, 5) is 11.4. The van der Waals surface area contributed by atoms with E-state index in [9.17, 15) is 4.79 Å². The highest BCUT2D eigenvalue weighted by molar-refractivity contribution is 6.56. The van der Waals surface area contributed by atoms with Crippen LogP contribution in [0, 0.1) is 6.92 Å². The summed E-state index contributed by atoms with van der Waals surface area (Å²) in [5, 5.41) is 3.54. The van der Waals surface area contributed by atoms with Crippen LogP contribution in [0.3, 0.4) is 0 Å². The Morgan fingerprint density at radius 3 is 2.38 bits per heavy atom. The van der Waals surface area contributed by atoms with E-state index >= 15 is 0 Å². The van der Waals surface area contributed by atoms with E-state index in [2.05, 4.69) is 5.32 Å². The van der Waals surface area contributed by atoms with Gasteiger partial charge in [0.1, 0.15) is 0 Å². The number of amides is 1. The standard InChI is InChI=1S/C18H25BClNO3/c1-12-14(8-7-9-16(12)20)10-15(11-21-13(2)22)19-23-17(3,4)18(5,6)24-19/h7-10H,11H2,1-6H3,(H,21,22). The third kappa shape index (κ3) is 4.02. The van der Waals surface area contributed by atoms with E-state index < -0.39 is 18.3 Å². The van der Waals surface area contributed by atoms with Crippen LogP contribution in [0.4, 0.5) is 0 Å². The molecule has 1 heterocycles. The second kappa shape index (κ2) is 6.91. The van der Waals surface area contributed by atoms with E-state index in [4.69, 9.17) is 20.9 Å². The van der Waals surface area contributed by atoms with Gasteiger partial charge in [-0.05, 0) is 57.3 Å². The molecule has 6 heteroatoms. The Balaban J connectivity index is 2.37. The lowest BCUT2D eigenvalue weighted by molar-refractivity contribution is -0.118. The lowest BCUT2D eigenvalue weighted by Gasteiger charge is -2.32. The number of carbonyl (C=O) groups excluding carboxylic acids is 1. The van der Waals surface area contributed by atoms with Crippen LogP contribution in [0.2, 0.25) is 5.02 Å². The van der Waals surface area contributed by atoms with Crippen LogP contribution in [-0.4, -0.2) is 30.8 Å². The van der Waals surface area contributed by atoms with Crippen LogP contribution in [0.1, 0.15) is 45.7 Å². The molecule has 4 nitrogen and oxygen atoms in total. The van der Waals surface area contributed by atoms with Gasteiger partial charge < -0.3 is 14.6 Å². The molecule has 2 rings (SSSR count). The Labute approximate surface area is 149 Å². The summed E-state index contributed by atoms with van der Waals surface area (Å²) in [6.07, 6.45) is 1.99. The van der Waals surface area contributed by atoms with Gasteiger partial charge >= 0.3 is 7.12 Å². The van der Waals surface area contributed by atoms with Gasteiger partial charge in [-0.3, -0.25) is 4.79 Å². The molecule has 1 aliphatic rings. The minimum absolute atomic E-state index is 0.0970. The number of carbonyl (C=O) groups is 1. The molecular formula is C18H25BClNO3. The predicted molar refractivity (Wildman–Crippen MR) is 98.9 cm³/mol. The second-order valence-corrected chi connectivity index (χ2v) is 7.58. The van der Waals surface area contributed by atoms with E-state index in [1.165, 1.54) is 6.92 Å². The third-order valence-corrected chi connectivity index (χ3v) is 5.16. The largest absolute Gasteiger partial charge is 0.492 e. The van der Waals surface area contributed by atoms with Gasteiger partial charge in [-0.1, -0.05) is 29.8 Å². The van der Waals surface area contributed by atoms with Crippen molar-refractivity contribution in [3.63, 3.8) is 0 Å². The molecule has 0 unspecified atom stereocenters. The highest BCUT2D eigenvalue weighted by Gasteiger charge is 2.52. The molecule has 0 saturated carbocycles. The average molecular weight is 350 g/mol. The van der Waals surface area contributed by atoms with Gasteiger partial charge in [-0.15, -0.1) is 0 Å². The van der Waals surface area contributed by atoms with E-state index in [0.717, 1.165) is 16.6 Å². The third-order valence-electron chi connectivity index (χ3n) is 4.75. The van der Waals surface area contributed by atoms with Gasteiger partial charge in [0.05, 0.1) is 11.2 Å². The Morgan fingerprint density at radius 1 is 1.25 bits per heavy atom. The minimum Gasteiger partial charge on any atom is -0.400 e. The number of nitrogens with one attached hydrogen (secondary N) is 1. The van der Waals surface area contributed by atoms with E-state index in [1.54, 1.807) is 0 Å². The molecular weight excluding hydrogens is 324 g/mol. The molecule has 0 spiro atoms. The fourth-order valence-electron chi connectivity index (χ4n) is 2.40. The molecule has 130 valence electrons. The molecule has 1 aromatic rings. The molecule has 0 bridgehead atoms. The molecule has 0 aromatic heterocycles. The van der Waals surface area contributed by atoms with Crippen LogP contribution in [0.15, 0.2) is 23.7 Å². The first kappa shape index (κ1) is 19.0. The highest BCUT2D eigenvalue weighted by Crippen LogP contribution is 2.39. The summed E-state index contributed by atoms with van der Waals surface area (Å²) in [6, 6.07) is 5.75. The van der Waals surface area contributed by atoms with Crippen molar-refractivity contribution in [2.45, 2.75) is 52.7 Å². The van der Waals surface area contributed by atoms with Crippen LogP contribution >= 0.6 is 11.6 Å². The zero-order chi connectivity index (χ0) is 18.1. The number of hydrogen-bond acceptors (Lipinski definition) is 3. The van der Waals surface area contributed by atoms with Crippen molar-refractivity contribution < 1.29 is 14.1 Å². The van der Waals surface area contributed by atoms with E-state index in [0.29, 0.717) is 11.6 Å². The normalized spacial score (nSPS) is 19.5. The lowest BCUT2D eigenvalue weighted by Crippen LogP contribution is -2.41. The van der Waals surface area contributed by atoms with Crippen molar-refractivity contribution in [1.29, 1.82) is 0 Å². The van der Waals surface area contributed by atoms with Gasteiger partial charge in [-0.2, -0.15) is 0 Å². The number of halogens is 1. The lowest BCUT2D eigenvalue weighted by atomic mass is 9.76. The Hall–Kier alpha value is -1.30. The summed E-state index contributed by atoms with van der Waals surface area (Å²) < 4.78 is 12.3. The molecule has 1 aromatic carbocycles. The molecule has 1 N–H and O–H groups in total. The molecule has 0 radical (unpaired) electrons. The Bertz CT molecular complexity index is 654. The Kier molecular flexibility index (Phi) is 5.48. The quantitative estimate of drug-likeness (QED) is 0.841. The smallest absolute Gasteiger partial charge is 0.400 e. The topological polar surface area (TPSA) is 47.6 Å². The first-order valence-corrected chi connectivity index (χ1v) is 8.47. The molecule has 24 heavy (non-hydrogen) atoms. The van der Waals surface area contributed by atoms with Gasteiger partial charge in [0.25, 0.3) is 0 Å². The summed E-state index contributed by atoms with van der Waals surface area (Å²) >= 11 is 6.21. The second-order valence-electron chi connectivity index (χ2n) is 7.17. The number of benzene rings is 1. The van der Waals surface area contributed by atoms with E-state index in [1.807, 2.05) is 58.9 Å². The Morgan fingerprint density at radius 2 is 1.83 bits per heavy atom. The van der Waals surface area contributed by atoms with Crippen molar-refractivity contribution in [3.8, 4) is 0 Å². The van der Waals surface area contributed by atoms with Crippen molar-refractivity contribution in [1.82, 2.24) is 5.32 Å². The maximum Gasteiger partial charge on any atom is 0.492 e. The van der Waals surface area contributed by atoms with Crippen molar-refractivity contribution >= 4 is 30.7 Å². The molecule has 1 saturated heterocycles. The fraction of sp³-hybridized carbons (Fsp3) is 0.500. The van der Waals surface area contributed by atoms with Crippen LogP contribution in [0.25, 0.3) is 6.08 Å². The first-order valence-electron chi connectivity index (χ1n) is 8.09. The molecule has 0 aliphatic carbocycles. The van der Waals surface area contributed by atoms with Crippen LogP contribution < -0.4 is 5.32 Å². The van der Waals surface area contributed by atoms with Gasteiger partial charge in [0, 0.05) is 18.5 Å². The fourth-order valence-corrected chi connectivity index (χ4v) is 2.59. The number of hydrogen-bond donors (Lipinski definition) is 1. The summed E-state index contributed by atoms with van der Waals surface area (Å²) in [7, 11) is -0.514. The SMILES string of the molecule is CC(=O)NCC(=Cc1cccc(Cl)c1C)B1OC(C)(C)C(C)(C)O1. The number of rotatable bonds is 4. The maximum absolute atomic E-state index is 11.4. The zero-order valence-electron chi connectivity index (χ0n) is 15.2. The molecule has 1 amide bonds. The minimum atomic E-state index is -0.514. The maximum atomic E-state index is 11.4. The summed E-state index contributed by atoms with van der Waals surface area (Å²) in [6.45, 7) is 11.8. The van der Waals surface area contributed by atoms with Gasteiger partial charge in [-0.25, -0.2) is 0 Å². The van der Waals surface area contributed by atoms with E-state index in [-0.39, 0.29) is 5.91 Å². The first-order chi connectivity index (χ1) is 11.0. The summed E-state index contributed by atoms with van der Waals surface area (Å²) in [5.74, 6) is -0.0970. The van der Waals surface area contributed by atoms with Gasteiger partial charge in [0.2, 0.25) is 5.91 Å². The zero-order valence-corrected chi connectivity index (χ0v) is 16.0. The van der Waals surface area contributed by atoms with Crippen LogP contribution in [-0.2, 0) is 14.1 Å². The molecule has 0 atom stereocenters. The predicted octanol–water partition coefficient (Wildman–Crippen LogP) is 3.80. The monoisotopic (exact) mass is 349 g/mol. The highest BCUT2D eigenvalue weighted by atomic mass is 35.5. The molecule has 1 fully saturated rings. The van der Waals surface area contributed by atoms with Gasteiger partial charge in [0.15, 0.2) is 0 Å². The van der Waals surface area contributed by atoms with Crippen molar-refractivity contribution in [2.75, 3.05) is 6.54 Å².